The summed E-state index contributed by atoms with van der Waals surface area (Å²) >= 11 is 0. The molecule has 1 aliphatic rings. The van der Waals surface area contributed by atoms with E-state index in [1.54, 1.807) is 12.4 Å². The van der Waals surface area contributed by atoms with Crippen LogP contribution in [0.2, 0.25) is 0 Å². The van der Waals surface area contributed by atoms with Gasteiger partial charge in [-0.15, -0.1) is 0 Å². The van der Waals surface area contributed by atoms with Crippen molar-refractivity contribution >= 4 is 5.78 Å². The number of H-pyrrole nitrogens is 1. The number of carbonyl (C=O) groups excluding carboxylic acids is 1. The second-order valence-electron chi connectivity index (χ2n) is 5.66. The molecule has 0 amide bonds. The Bertz CT molecular complexity index is 870. The van der Waals surface area contributed by atoms with Gasteiger partial charge in [0.2, 0.25) is 0 Å². The van der Waals surface area contributed by atoms with Gasteiger partial charge in [-0.3, -0.25) is 9.78 Å². The summed E-state index contributed by atoms with van der Waals surface area (Å²) in [5.41, 5.74) is 10.2. The molecule has 0 aliphatic heterocycles. The number of carbonyl (C=O) groups is 1. The molecule has 0 fully saturated rings. The van der Waals surface area contributed by atoms with Crippen LogP contribution >= 0.6 is 0 Å². The number of aromatic amines is 1. The van der Waals surface area contributed by atoms with Gasteiger partial charge >= 0.3 is 0 Å². The molecular weight excluding hydrogens is 288 g/mol. The molecule has 1 atom stereocenters. The first-order valence-electron chi connectivity index (χ1n) is 7.59. The Morgan fingerprint density at radius 3 is 2.70 bits per heavy atom. The van der Waals surface area contributed by atoms with Crippen LogP contribution in [0, 0.1) is 0 Å². The Balaban J connectivity index is 1.81. The second kappa shape index (κ2) is 5.44. The van der Waals surface area contributed by atoms with E-state index in [9.17, 15) is 4.79 Å². The van der Waals surface area contributed by atoms with Crippen LogP contribution in [-0.2, 0) is 13.0 Å². The Kier molecular flexibility index (Phi) is 3.28. The van der Waals surface area contributed by atoms with Gasteiger partial charge in [0, 0.05) is 23.5 Å². The van der Waals surface area contributed by atoms with E-state index >= 15 is 0 Å². The molecule has 23 heavy (non-hydrogen) atoms. The zero-order valence-electron chi connectivity index (χ0n) is 12.5. The molecule has 0 spiro atoms. The van der Waals surface area contributed by atoms with E-state index in [1.165, 1.54) is 0 Å². The second-order valence-corrected chi connectivity index (χ2v) is 5.66. The highest BCUT2D eigenvalue weighted by molar-refractivity contribution is 6.05. The molecular formula is C18H16N4O. The van der Waals surface area contributed by atoms with Crippen LogP contribution in [0.5, 0.6) is 0 Å². The van der Waals surface area contributed by atoms with Gasteiger partial charge in [-0.05, 0) is 24.1 Å². The number of nitrogens with two attached hydrogens (primary N) is 1. The van der Waals surface area contributed by atoms with Gasteiger partial charge in [0.15, 0.2) is 5.78 Å². The molecule has 1 aliphatic carbocycles. The summed E-state index contributed by atoms with van der Waals surface area (Å²) in [7, 11) is 0. The maximum Gasteiger partial charge on any atom is 0.172 e. The normalized spacial score (nSPS) is 16.6. The highest BCUT2D eigenvalue weighted by Crippen LogP contribution is 2.37. The Morgan fingerprint density at radius 1 is 1.17 bits per heavy atom. The van der Waals surface area contributed by atoms with Crippen LogP contribution in [0.3, 0.4) is 0 Å². The largest absolute Gasteiger partial charge is 0.344 e. The number of benzene rings is 1. The van der Waals surface area contributed by atoms with Crippen molar-refractivity contribution in [3.05, 3.63) is 71.4 Å². The Morgan fingerprint density at radius 2 is 1.96 bits per heavy atom. The molecule has 2 aromatic heterocycles. The van der Waals surface area contributed by atoms with Crippen molar-refractivity contribution in [3.8, 4) is 11.3 Å². The number of aromatic nitrogens is 3. The molecule has 0 radical (unpaired) electrons. The van der Waals surface area contributed by atoms with Crippen molar-refractivity contribution in [1.82, 2.24) is 15.0 Å². The monoisotopic (exact) mass is 304 g/mol. The number of ketones is 1. The first-order chi connectivity index (χ1) is 11.3. The third kappa shape index (κ3) is 2.26. The van der Waals surface area contributed by atoms with Crippen molar-refractivity contribution in [2.24, 2.45) is 5.73 Å². The number of nitrogens with zero attached hydrogens (tertiary/aromatic N) is 2. The number of pyridine rings is 1. The lowest BCUT2D eigenvalue weighted by Crippen LogP contribution is -2.09. The van der Waals surface area contributed by atoms with Gasteiger partial charge in [-0.2, -0.15) is 0 Å². The van der Waals surface area contributed by atoms with Gasteiger partial charge in [0.1, 0.15) is 5.82 Å². The summed E-state index contributed by atoms with van der Waals surface area (Å²) in [6, 6.07) is 11.6. The van der Waals surface area contributed by atoms with Crippen molar-refractivity contribution < 1.29 is 4.79 Å². The summed E-state index contributed by atoms with van der Waals surface area (Å²) in [5.74, 6) is 0.599. The number of imidazole rings is 1. The molecule has 3 N–H and O–H groups in total. The highest BCUT2D eigenvalue weighted by Gasteiger charge is 2.34. The van der Waals surface area contributed by atoms with E-state index in [4.69, 9.17) is 5.73 Å². The molecule has 0 saturated heterocycles. The minimum atomic E-state index is -0.233. The van der Waals surface area contributed by atoms with E-state index in [0.717, 1.165) is 28.1 Å². The molecule has 114 valence electrons. The lowest BCUT2D eigenvalue weighted by atomic mass is 9.97. The smallest absolute Gasteiger partial charge is 0.172 e. The van der Waals surface area contributed by atoms with Crippen LogP contribution in [-0.4, -0.2) is 20.7 Å². The quantitative estimate of drug-likeness (QED) is 0.778. The van der Waals surface area contributed by atoms with E-state index < -0.39 is 0 Å². The van der Waals surface area contributed by atoms with Crippen LogP contribution in [0.1, 0.15) is 33.4 Å². The number of nitrogens with one attached hydrogen (secondary N) is 1. The maximum absolute atomic E-state index is 12.8. The minimum Gasteiger partial charge on any atom is -0.344 e. The van der Waals surface area contributed by atoms with Gasteiger partial charge in [0.25, 0.3) is 0 Å². The number of rotatable bonds is 3. The standard InChI is InChI=1S/C18H16N4O/c19-10-15-21-16(11-5-7-20-8-6-11)17(22-15)14-9-12-3-1-2-4-13(12)18(14)23/h1-8,14H,9-10,19H2,(H,21,22). The number of fused-ring (bicyclic) bond motifs is 1. The lowest BCUT2D eigenvalue weighted by Gasteiger charge is -2.08. The van der Waals surface area contributed by atoms with Gasteiger partial charge < -0.3 is 10.7 Å². The molecule has 2 heterocycles. The first kappa shape index (κ1) is 13.8. The zero-order chi connectivity index (χ0) is 15.8. The summed E-state index contributed by atoms with van der Waals surface area (Å²) < 4.78 is 0. The molecule has 3 aromatic rings. The minimum absolute atomic E-state index is 0.142. The van der Waals surface area contributed by atoms with Crippen molar-refractivity contribution in [3.63, 3.8) is 0 Å². The fourth-order valence-corrected chi connectivity index (χ4v) is 3.19. The third-order valence-corrected chi connectivity index (χ3v) is 4.30. The van der Waals surface area contributed by atoms with Gasteiger partial charge in [0.05, 0.1) is 23.9 Å². The van der Waals surface area contributed by atoms with E-state index in [2.05, 4.69) is 15.0 Å². The lowest BCUT2D eigenvalue weighted by molar-refractivity contribution is 0.0971. The predicted molar refractivity (Wildman–Crippen MR) is 86.9 cm³/mol. The average Bonchev–Trinajstić information content (AvgIpc) is 3.17. The molecule has 5 nitrogen and oxygen atoms in total. The summed E-state index contributed by atoms with van der Waals surface area (Å²) in [5, 5.41) is 0. The maximum atomic E-state index is 12.8. The van der Waals surface area contributed by atoms with Gasteiger partial charge in [-0.1, -0.05) is 24.3 Å². The van der Waals surface area contributed by atoms with Gasteiger partial charge in [-0.25, -0.2) is 4.98 Å². The fraction of sp³-hybridized carbons (Fsp3) is 0.167. The molecule has 5 heteroatoms. The van der Waals surface area contributed by atoms with Crippen LogP contribution in [0.15, 0.2) is 48.8 Å². The zero-order valence-corrected chi connectivity index (χ0v) is 12.5. The molecule has 1 aromatic carbocycles. The SMILES string of the molecule is NCc1nc(-c2ccncc2)c(C2Cc3ccccc3C2=O)[nH]1. The summed E-state index contributed by atoms with van der Waals surface area (Å²) in [4.78, 5) is 24.7. The topological polar surface area (TPSA) is 84.7 Å². The van der Waals surface area contributed by atoms with E-state index in [0.29, 0.717) is 18.8 Å². The highest BCUT2D eigenvalue weighted by atomic mass is 16.1. The van der Waals surface area contributed by atoms with Crippen molar-refractivity contribution in [1.29, 1.82) is 0 Å². The predicted octanol–water partition coefficient (Wildman–Crippen LogP) is 2.45. The summed E-state index contributed by atoms with van der Waals surface area (Å²) in [6.45, 7) is 0.311. The van der Waals surface area contributed by atoms with Crippen LogP contribution in [0.4, 0.5) is 0 Å². The number of hydrogen-bond acceptors (Lipinski definition) is 4. The van der Waals surface area contributed by atoms with Crippen LogP contribution < -0.4 is 5.73 Å². The van der Waals surface area contributed by atoms with E-state index in [1.807, 2.05) is 36.4 Å². The number of hydrogen-bond donors (Lipinski definition) is 2. The Hall–Kier alpha value is -2.79. The Labute approximate surface area is 133 Å². The molecule has 0 bridgehead atoms. The molecule has 4 rings (SSSR count). The summed E-state index contributed by atoms with van der Waals surface area (Å²) in [6.07, 6.45) is 4.14. The molecule has 1 unspecified atom stereocenters. The fourth-order valence-electron chi connectivity index (χ4n) is 3.19. The van der Waals surface area contributed by atoms with E-state index in [-0.39, 0.29) is 11.7 Å². The average molecular weight is 304 g/mol. The number of Topliss-reactive ketones (excluding diaryl/α,β-unsaturated/α-hetero) is 1. The van der Waals surface area contributed by atoms with Crippen molar-refractivity contribution in [2.75, 3.05) is 0 Å². The third-order valence-electron chi connectivity index (χ3n) is 4.30. The van der Waals surface area contributed by atoms with Crippen molar-refractivity contribution in [2.45, 2.75) is 18.9 Å². The molecule has 0 saturated carbocycles. The van der Waals surface area contributed by atoms with Crippen LogP contribution in [0.25, 0.3) is 11.3 Å². The first-order valence-corrected chi connectivity index (χ1v) is 7.59.